The van der Waals surface area contributed by atoms with Crippen molar-refractivity contribution in [3.63, 3.8) is 0 Å². The monoisotopic (exact) mass is 245 g/mol. The number of nitrogens with one attached hydrogen (secondary N) is 1. The van der Waals surface area contributed by atoms with E-state index in [0.29, 0.717) is 6.42 Å². The molecule has 0 radical (unpaired) electrons. The molecule has 0 unspecified atom stereocenters. The van der Waals surface area contributed by atoms with E-state index >= 15 is 0 Å². The van der Waals surface area contributed by atoms with Crippen molar-refractivity contribution < 1.29 is 14.6 Å². The third kappa shape index (κ3) is 13.3. The fourth-order valence-corrected chi connectivity index (χ4v) is 1.41. The maximum absolute atomic E-state index is 11.4. The van der Waals surface area contributed by atoms with Gasteiger partial charge in [-0.2, -0.15) is 0 Å². The highest BCUT2D eigenvalue weighted by molar-refractivity contribution is 5.69. The summed E-state index contributed by atoms with van der Waals surface area (Å²) in [7, 11) is 0. The molecule has 0 aromatic carbocycles. The van der Waals surface area contributed by atoms with E-state index in [-0.39, 0.29) is 18.2 Å². The van der Waals surface area contributed by atoms with Gasteiger partial charge in [0.15, 0.2) is 0 Å². The summed E-state index contributed by atoms with van der Waals surface area (Å²) in [6, 6.07) is 0. The number of unbranched alkanes of at least 4 members (excludes halogenated alkanes) is 2. The minimum absolute atomic E-state index is 0.125. The molecule has 0 amide bonds. The lowest BCUT2D eigenvalue weighted by Crippen LogP contribution is -2.24. The van der Waals surface area contributed by atoms with Crippen molar-refractivity contribution in [3.8, 4) is 0 Å². The van der Waals surface area contributed by atoms with E-state index in [1.54, 1.807) is 0 Å². The van der Waals surface area contributed by atoms with E-state index in [9.17, 15) is 4.79 Å². The van der Waals surface area contributed by atoms with Crippen molar-refractivity contribution in [2.45, 2.75) is 58.5 Å². The largest absolute Gasteiger partial charge is 0.460 e. The predicted octanol–water partition coefficient (Wildman–Crippen LogP) is 1.86. The Morgan fingerprint density at radius 2 is 1.76 bits per heavy atom. The molecule has 0 fully saturated rings. The van der Waals surface area contributed by atoms with Crippen molar-refractivity contribution in [1.29, 1.82) is 0 Å². The minimum atomic E-state index is -0.380. The fraction of sp³-hybridized carbons (Fsp3) is 0.923. The van der Waals surface area contributed by atoms with Gasteiger partial charge in [-0.25, -0.2) is 0 Å². The summed E-state index contributed by atoms with van der Waals surface area (Å²) in [5.41, 5.74) is -0.380. The number of carbonyl (C=O) groups is 1. The van der Waals surface area contributed by atoms with Crippen LogP contribution >= 0.6 is 0 Å². The van der Waals surface area contributed by atoms with Crippen LogP contribution in [-0.4, -0.2) is 36.4 Å². The molecule has 0 heterocycles. The van der Waals surface area contributed by atoms with Crippen molar-refractivity contribution in [2.75, 3.05) is 19.7 Å². The van der Waals surface area contributed by atoms with Gasteiger partial charge in [-0.05, 0) is 59.5 Å². The standard InChI is InChI=1S/C13H27NO3/c1-13(2,3)17-12(16)8-7-10-14-9-5-4-6-11-15/h14-15H,4-11H2,1-3H3. The molecule has 0 saturated heterocycles. The number of carbonyl (C=O) groups excluding carboxylic acids is 1. The summed E-state index contributed by atoms with van der Waals surface area (Å²) >= 11 is 0. The quantitative estimate of drug-likeness (QED) is 0.481. The molecule has 102 valence electrons. The van der Waals surface area contributed by atoms with Crippen LogP contribution in [0.1, 0.15) is 52.9 Å². The Morgan fingerprint density at radius 3 is 2.35 bits per heavy atom. The number of rotatable bonds is 9. The molecule has 0 bridgehead atoms. The lowest BCUT2D eigenvalue weighted by molar-refractivity contribution is -0.154. The molecule has 0 aliphatic carbocycles. The third-order valence-corrected chi connectivity index (χ3v) is 2.17. The minimum Gasteiger partial charge on any atom is -0.460 e. The highest BCUT2D eigenvalue weighted by Gasteiger charge is 2.15. The zero-order valence-corrected chi connectivity index (χ0v) is 11.4. The van der Waals surface area contributed by atoms with Gasteiger partial charge in [0.05, 0.1) is 0 Å². The highest BCUT2D eigenvalue weighted by atomic mass is 16.6. The number of hydrogen-bond acceptors (Lipinski definition) is 4. The number of aliphatic hydroxyl groups excluding tert-OH is 1. The van der Waals surface area contributed by atoms with Crippen LogP contribution in [0.3, 0.4) is 0 Å². The normalized spacial score (nSPS) is 11.5. The van der Waals surface area contributed by atoms with Crippen molar-refractivity contribution in [2.24, 2.45) is 0 Å². The number of aliphatic hydroxyl groups is 1. The summed E-state index contributed by atoms with van der Waals surface area (Å²) in [5.74, 6) is -0.125. The molecule has 0 saturated carbocycles. The second-order valence-electron chi connectivity index (χ2n) is 5.22. The summed E-state index contributed by atoms with van der Waals surface area (Å²) in [4.78, 5) is 11.4. The molecule has 2 N–H and O–H groups in total. The Hall–Kier alpha value is -0.610. The number of ether oxygens (including phenoxy) is 1. The fourth-order valence-electron chi connectivity index (χ4n) is 1.41. The van der Waals surface area contributed by atoms with Crippen molar-refractivity contribution in [1.82, 2.24) is 5.32 Å². The molecule has 4 heteroatoms. The molecule has 0 rings (SSSR count). The van der Waals surface area contributed by atoms with Crippen molar-refractivity contribution in [3.05, 3.63) is 0 Å². The SMILES string of the molecule is CC(C)(C)OC(=O)CCCNCCCCCO. The third-order valence-electron chi connectivity index (χ3n) is 2.17. The molecular weight excluding hydrogens is 218 g/mol. The average molecular weight is 245 g/mol. The zero-order chi connectivity index (χ0) is 13.1. The second-order valence-corrected chi connectivity index (χ2v) is 5.22. The maximum atomic E-state index is 11.4. The summed E-state index contributed by atoms with van der Waals surface area (Å²) in [6.07, 6.45) is 4.29. The number of esters is 1. The van der Waals surface area contributed by atoms with Crippen LogP contribution in [-0.2, 0) is 9.53 Å². The lowest BCUT2D eigenvalue weighted by atomic mass is 10.2. The Balaban J connectivity index is 3.25. The highest BCUT2D eigenvalue weighted by Crippen LogP contribution is 2.08. The van der Waals surface area contributed by atoms with Gasteiger partial charge in [0.1, 0.15) is 5.60 Å². The average Bonchev–Trinajstić information content (AvgIpc) is 2.19. The van der Waals surface area contributed by atoms with Crippen molar-refractivity contribution >= 4 is 5.97 Å². The summed E-state index contributed by atoms with van der Waals surface area (Å²) < 4.78 is 5.20. The van der Waals surface area contributed by atoms with Gasteiger partial charge in [0.25, 0.3) is 0 Å². The second kappa shape index (κ2) is 9.42. The smallest absolute Gasteiger partial charge is 0.306 e. The van der Waals surface area contributed by atoms with Crippen LogP contribution in [0.25, 0.3) is 0 Å². The zero-order valence-electron chi connectivity index (χ0n) is 11.4. The molecule has 17 heavy (non-hydrogen) atoms. The van der Waals surface area contributed by atoms with Gasteiger partial charge < -0.3 is 15.2 Å². The van der Waals surface area contributed by atoms with Gasteiger partial charge in [0, 0.05) is 13.0 Å². The topological polar surface area (TPSA) is 58.6 Å². The van der Waals surface area contributed by atoms with E-state index in [1.165, 1.54) is 0 Å². The van der Waals surface area contributed by atoms with Crippen LogP contribution in [0.5, 0.6) is 0 Å². The van der Waals surface area contributed by atoms with E-state index in [2.05, 4.69) is 5.32 Å². The molecule has 0 aliphatic rings. The first-order valence-corrected chi connectivity index (χ1v) is 6.49. The molecular formula is C13H27NO3. The molecule has 0 aliphatic heterocycles. The maximum Gasteiger partial charge on any atom is 0.306 e. The van der Waals surface area contributed by atoms with Gasteiger partial charge in [-0.3, -0.25) is 4.79 Å². The van der Waals surface area contributed by atoms with Gasteiger partial charge in [0.2, 0.25) is 0 Å². The number of hydrogen-bond donors (Lipinski definition) is 2. The summed E-state index contributed by atoms with van der Waals surface area (Å²) in [6.45, 7) is 7.71. The Bertz CT molecular complexity index is 199. The Kier molecular flexibility index (Phi) is 9.09. The molecule has 4 nitrogen and oxygen atoms in total. The molecule has 0 atom stereocenters. The van der Waals surface area contributed by atoms with Gasteiger partial charge in [-0.15, -0.1) is 0 Å². The first-order chi connectivity index (χ1) is 7.95. The van der Waals surface area contributed by atoms with Crippen LogP contribution in [0, 0.1) is 0 Å². The van der Waals surface area contributed by atoms with E-state index < -0.39 is 0 Å². The van der Waals surface area contributed by atoms with Gasteiger partial charge in [-0.1, -0.05) is 0 Å². The van der Waals surface area contributed by atoms with Gasteiger partial charge >= 0.3 is 5.97 Å². The molecule has 0 aromatic rings. The first-order valence-electron chi connectivity index (χ1n) is 6.49. The van der Waals surface area contributed by atoms with E-state index in [1.807, 2.05) is 20.8 Å². The van der Waals surface area contributed by atoms with E-state index in [0.717, 1.165) is 38.8 Å². The predicted molar refractivity (Wildman–Crippen MR) is 68.9 cm³/mol. The van der Waals surface area contributed by atoms with Crippen LogP contribution in [0.4, 0.5) is 0 Å². The van der Waals surface area contributed by atoms with Crippen LogP contribution in [0.15, 0.2) is 0 Å². The molecule has 0 aromatic heterocycles. The van der Waals surface area contributed by atoms with Crippen LogP contribution in [0.2, 0.25) is 0 Å². The first kappa shape index (κ1) is 16.4. The molecule has 0 spiro atoms. The van der Waals surface area contributed by atoms with E-state index in [4.69, 9.17) is 9.84 Å². The Labute approximate surface area is 105 Å². The Morgan fingerprint density at radius 1 is 1.12 bits per heavy atom. The van der Waals surface area contributed by atoms with Crippen LogP contribution < -0.4 is 5.32 Å². The summed E-state index contributed by atoms with van der Waals surface area (Å²) in [5, 5.41) is 11.9. The lowest BCUT2D eigenvalue weighted by Gasteiger charge is -2.19.